The van der Waals surface area contributed by atoms with Gasteiger partial charge in [0.25, 0.3) is 0 Å². The molecule has 1 aromatic carbocycles. The summed E-state index contributed by atoms with van der Waals surface area (Å²) in [5, 5.41) is 6.63. The van der Waals surface area contributed by atoms with Gasteiger partial charge in [-0.2, -0.15) is 0 Å². The molecule has 0 radical (unpaired) electrons. The molecule has 3 rings (SSSR count). The van der Waals surface area contributed by atoms with Gasteiger partial charge < -0.3 is 10.6 Å². The van der Waals surface area contributed by atoms with Gasteiger partial charge in [0.05, 0.1) is 0 Å². The van der Waals surface area contributed by atoms with E-state index < -0.39 is 11.6 Å². The van der Waals surface area contributed by atoms with Crippen molar-refractivity contribution in [3.8, 4) is 0 Å². The first-order valence-corrected chi connectivity index (χ1v) is 7.19. The normalized spacial score (nSPS) is 30.7. The van der Waals surface area contributed by atoms with E-state index in [4.69, 9.17) is 0 Å². The molecule has 2 aliphatic rings. The highest BCUT2D eigenvalue weighted by molar-refractivity contribution is 5.47. The lowest BCUT2D eigenvalue weighted by Crippen LogP contribution is -2.38. The number of hydrogen-bond acceptors (Lipinski definition) is 2. The third-order valence-electron chi connectivity index (χ3n) is 4.48. The van der Waals surface area contributed by atoms with Crippen molar-refractivity contribution < 1.29 is 8.78 Å². The second kappa shape index (κ2) is 5.45. The van der Waals surface area contributed by atoms with E-state index in [1.807, 2.05) is 0 Å². The quantitative estimate of drug-likeness (QED) is 0.877. The predicted molar refractivity (Wildman–Crippen MR) is 72.1 cm³/mol. The molecule has 0 spiro atoms. The summed E-state index contributed by atoms with van der Waals surface area (Å²) < 4.78 is 27.4. The zero-order valence-electron chi connectivity index (χ0n) is 11.0. The van der Waals surface area contributed by atoms with Crippen LogP contribution in [0.5, 0.6) is 0 Å². The van der Waals surface area contributed by atoms with Crippen LogP contribution in [-0.4, -0.2) is 18.6 Å². The Morgan fingerprint density at radius 1 is 1.05 bits per heavy atom. The Bertz CT molecular complexity index is 424. The van der Waals surface area contributed by atoms with Gasteiger partial charge in [-0.05, 0) is 50.3 Å². The van der Waals surface area contributed by atoms with Gasteiger partial charge in [-0.25, -0.2) is 8.78 Å². The van der Waals surface area contributed by atoms with Gasteiger partial charge >= 0.3 is 0 Å². The fraction of sp³-hybridized carbons (Fsp3) is 0.600. The number of rotatable bonds is 3. The van der Waals surface area contributed by atoms with Crippen LogP contribution in [0, 0.1) is 17.6 Å². The largest absolute Gasteiger partial charge is 0.377 e. The van der Waals surface area contributed by atoms with Crippen LogP contribution >= 0.6 is 0 Å². The lowest BCUT2D eigenvalue weighted by Gasteiger charge is -2.27. The Hall–Kier alpha value is -1.16. The molecule has 0 bridgehead atoms. The number of para-hydroxylation sites is 1. The maximum atomic E-state index is 13.7. The summed E-state index contributed by atoms with van der Waals surface area (Å²) in [6, 6.07) is 4.71. The van der Waals surface area contributed by atoms with Crippen molar-refractivity contribution in [3.63, 3.8) is 0 Å². The average molecular weight is 266 g/mol. The minimum absolute atomic E-state index is 0.0393. The molecule has 2 fully saturated rings. The van der Waals surface area contributed by atoms with Crippen molar-refractivity contribution in [2.45, 2.75) is 44.2 Å². The van der Waals surface area contributed by atoms with Crippen LogP contribution in [0.1, 0.15) is 32.1 Å². The molecule has 1 heterocycles. The van der Waals surface area contributed by atoms with E-state index in [-0.39, 0.29) is 11.7 Å². The van der Waals surface area contributed by atoms with Gasteiger partial charge in [-0.3, -0.25) is 0 Å². The lowest BCUT2D eigenvalue weighted by atomic mass is 9.93. The Morgan fingerprint density at radius 2 is 1.84 bits per heavy atom. The van der Waals surface area contributed by atoms with Gasteiger partial charge in [-0.15, -0.1) is 0 Å². The van der Waals surface area contributed by atoms with Crippen molar-refractivity contribution in [3.05, 3.63) is 29.8 Å². The van der Waals surface area contributed by atoms with Crippen LogP contribution in [0.4, 0.5) is 14.5 Å². The summed E-state index contributed by atoms with van der Waals surface area (Å²) in [4.78, 5) is 0. The Labute approximate surface area is 112 Å². The number of nitrogens with one attached hydrogen (secondary N) is 2. The molecule has 1 saturated heterocycles. The van der Waals surface area contributed by atoms with E-state index in [9.17, 15) is 8.78 Å². The smallest absolute Gasteiger partial charge is 0.149 e. The van der Waals surface area contributed by atoms with Crippen molar-refractivity contribution >= 4 is 5.69 Å². The van der Waals surface area contributed by atoms with E-state index in [1.54, 1.807) is 0 Å². The maximum absolute atomic E-state index is 13.7. The van der Waals surface area contributed by atoms with E-state index in [2.05, 4.69) is 10.6 Å². The Kier molecular flexibility index (Phi) is 3.69. The molecular weight excluding hydrogens is 246 g/mol. The van der Waals surface area contributed by atoms with Crippen LogP contribution in [0.3, 0.4) is 0 Å². The average Bonchev–Trinajstić information content (AvgIpc) is 3.04. The molecule has 1 aromatic rings. The molecule has 1 aliphatic carbocycles. The van der Waals surface area contributed by atoms with Gasteiger partial charge in [0.15, 0.2) is 0 Å². The van der Waals surface area contributed by atoms with Gasteiger partial charge in [-0.1, -0.05) is 12.5 Å². The van der Waals surface area contributed by atoms with Crippen molar-refractivity contribution in [2.75, 3.05) is 11.9 Å². The number of hydrogen-bond donors (Lipinski definition) is 2. The molecule has 104 valence electrons. The minimum Gasteiger partial charge on any atom is -0.377 e. The number of benzene rings is 1. The molecule has 3 unspecified atom stereocenters. The molecule has 2 nitrogen and oxygen atoms in total. The van der Waals surface area contributed by atoms with E-state index >= 15 is 0 Å². The summed E-state index contributed by atoms with van der Waals surface area (Å²) in [6.07, 6.45) is 5.67. The molecule has 1 saturated carbocycles. The second-order valence-electron chi connectivity index (χ2n) is 5.65. The maximum Gasteiger partial charge on any atom is 0.149 e. The highest BCUT2D eigenvalue weighted by atomic mass is 19.1. The van der Waals surface area contributed by atoms with Crippen molar-refractivity contribution in [2.24, 2.45) is 5.92 Å². The third kappa shape index (κ3) is 2.59. The SMILES string of the molecule is Fc1cccc(F)c1NC1CCCC1C1CCCN1. The third-order valence-corrected chi connectivity index (χ3v) is 4.48. The first-order chi connectivity index (χ1) is 9.25. The monoisotopic (exact) mass is 266 g/mol. The minimum atomic E-state index is -0.495. The fourth-order valence-corrected chi connectivity index (χ4v) is 3.55. The lowest BCUT2D eigenvalue weighted by molar-refractivity contribution is 0.374. The summed E-state index contributed by atoms with van der Waals surface area (Å²) in [5.74, 6) is -0.503. The standard InChI is InChI=1S/C15H20F2N2/c16-11-5-2-6-12(17)15(11)19-14-7-1-4-10(14)13-8-3-9-18-13/h2,5-6,10,13-14,18-19H,1,3-4,7-9H2. The van der Waals surface area contributed by atoms with Gasteiger partial charge in [0.2, 0.25) is 0 Å². The molecule has 0 aromatic heterocycles. The molecule has 2 N–H and O–H groups in total. The van der Waals surface area contributed by atoms with Crippen LogP contribution in [0.25, 0.3) is 0 Å². The van der Waals surface area contributed by atoms with Crippen molar-refractivity contribution in [1.29, 1.82) is 0 Å². The molecule has 1 aliphatic heterocycles. The van der Waals surface area contributed by atoms with E-state index in [1.165, 1.54) is 31.0 Å². The molecule has 4 heteroatoms. The highest BCUT2D eigenvalue weighted by Gasteiger charge is 2.35. The molecule has 0 amide bonds. The zero-order chi connectivity index (χ0) is 13.2. The van der Waals surface area contributed by atoms with Gasteiger partial charge in [0, 0.05) is 12.1 Å². The van der Waals surface area contributed by atoms with E-state index in [0.29, 0.717) is 12.0 Å². The molecule has 3 atom stereocenters. The molecule has 19 heavy (non-hydrogen) atoms. The first-order valence-electron chi connectivity index (χ1n) is 7.19. The van der Waals surface area contributed by atoms with Crippen LogP contribution in [0.2, 0.25) is 0 Å². The summed E-state index contributed by atoms with van der Waals surface area (Å²) in [7, 11) is 0. The van der Waals surface area contributed by atoms with Crippen LogP contribution in [0.15, 0.2) is 18.2 Å². The summed E-state index contributed by atoms with van der Waals surface area (Å²) in [6.45, 7) is 1.07. The second-order valence-corrected chi connectivity index (χ2v) is 5.65. The summed E-state index contributed by atoms with van der Waals surface area (Å²) >= 11 is 0. The molecular formula is C15H20F2N2. The Balaban J connectivity index is 1.74. The van der Waals surface area contributed by atoms with E-state index in [0.717, 1.165) is 25.8 Å². The first kappa shape index (κ1) is 12.9. The Morgan fingerprint density at radius 3 is 2.53 bits per heavy atom. The highest BCUT2D eigenvalue weighted by Crippen LogP contribution is 2.34. The number of anilines is 1. The summed E-state index contributed by atoms with van der Waals surface area (Å²) in [5.41, 5.74) is 0.0393. The van der Waals surface area contributed by atoms with Gasteiger partial charge in [0.1, 0.15) is 17.3 Å². The predicted octanol–water partition coefficient (Wildman–Crippen LogP) is 3.30. The van der Waals surface area contributed by atoms with Crippen LogP contribution in [-0.2, 0) is 0 Å². The fourth-order valence-electron chi connectivity index (χ4n) is 3.55. The van der Waals surface area contributed by atoms with Crippen molar-refractivity contribution in [1.82, 2.24) is 5.32 Å². The topological polar surface area (TPSA) is 24.1 Å². The zero-order valence-corrected chi connectivity index (χ0v) is 11.0. The van der Waals surface area contributed by atoms with Crippen LogP contribution < -0.4 is 10.6 Å². The number of halogens is 2.